The van der Waals surface area contributed by atoms with Gasteiger partial charge in [-0.3, -0.25) is 4.79 Å². The van der Waals surface area contributed by atoms with Crippen molar-refractivity contribution in [3.8, 4) is 22.8 Å². The first-order chi connectivity index (χ1) is 14.8. The average molecular weight is 423 g/mol. The highest BCUT2D eigenvalue weighted by Gasteiger charge is 2.14. The molecule has 0 saturated carbocycles. The summed E-state index contributed by atoms with van der Waals surface area (Å²) in [5.74, 6) is -1.000. The molecular weight excluding hydrogens is 395 g/mol. The molecule has 3 rings (SSSR count). The number of rotatable bonds is 9. The zero-order chi connectivity index (χ0) is 22.4. The van der Waals surface area contributed by atoms with Crippen LogP contribution in [0, 0.1) is 5.82 Å². The minimum absolute atomic E-state index is 0.0258. The van der Waals surface area contributed by atoms with E-state index in [0.717, 1.165) is 43.0 Å². The Kier molecular flexibility index (Phi) is 7.33. The predicted molar refractivity (Wildman–Crippen MR) is 120 cm³/mol. The van der Waals surface area contributed by atoms with E-state index >= 15 is 0 Å². The molecule has 0 spiro atoms. The molecule has 0 fully saturated rings. The Balaban J connectivity index is 1.73. The Labute approximate surface area is 182 Å². The summed E-state index contributed by atoms with van der Waals surface area (Å²) < 4.78 is 19.1. The average Bonchev–Trinajstić information content (AvgIpc) is 2.74. The number of hydrogen-bond donors (Lipinski definition) is 1. The molecule has 0 radical (unpaired) electrons. The van der Waals surface area contributed by atoms with E-state index in [4.69, 9.17) is 10.5 Å². The van der Waals surface area contributed by atoms with Gasteiger partial charge < -0.3 is 20.3 Å². The molecule has 0 atom stereocenters. The lowest BCUT2D eigenvalue weighted by Gasteiger charge is -2.19. The number of nitrogens with zero attached hydrogens (tertiary/aromatic N) is 3. The first-order valence-corrected chi connectivity index (χ1v) is 9.97. The van der Waals surface area contributed by atoms with E-state index in [0.29, 0.717) is 5.75 Å². The van der Waals surface area contributed by atoms with E-state index in [9.17, 15) is 9.18 Å². The van der Waals surface area contributed by atoms with Gasteiger partial charge in [0.25, 0.3) is 5.91 Å². The van der Waals surface area contributed by atoms with Crippen molar-refractivity contribution in [1.82, 2.24) is 14.8 Å². The number of amides is 1. The Morgan fingerprint density at radius 1 is 1.03 bits per heavy atom. The second-order valence-corrected chi connectivity index (χ2v) is 7.74. The number of nitrogens with two attached hydrogens (primary N) is 1. The predicted octanol–water partition coefficient (Wildman–Crippen LogP) is 3.77. The second-order valence-electron chi connectivity index (χ2n) is 7.74. The summed E-state index contributed by atoms with van der Waals surface area (Å²) in [4.78, 5) is 19.9. The standard InChI is InChI=1S/C24H27FN4O2/c1-28(2)11-12-29(3)16-17-7-9-18(10-8-17)19-5-4-6-21(13-19)31-24-22(23(26)30)14-20(25)15-27-24/h4-10,13-15H,11-12,16H2,1-3H3,(H2,26,30). The lowest BCUT2D eigenvalue weighted by molar-refractivity contribution is 0.0997. The maximum Gasteiger partial charge on any atom is 0.254 e. The normalized spacial score (nSPS) is 11.2. The van der Waals surface area contributed by atoms with Gasteiger partial charge in [-0.05, 0) is 56.0 Å². The molecule has 0 aliphatic rings. The number of halogens is 1. The number of pyridine rings is 1. The topological polar surface area (TPSA) is 71.7 Å². The van der Waals surface area contributed by atoms with Crippen molar-refractivity contribution in [2.45, 2.75) is 6.54 Å². The highest BCUT2D eigenvalue weighted by molar-refractivity contribution is 5.95. The number of hydrogen-bond acceptors (Lipinski definition) is 5. The summed E-state index contributed by atoms with van der Waals surface area (Å²) in [7, 11) is 6.25. The molecule has 0 saturated heterocycles. The molecule has 0 unspecified atom stereocenters. The second kappa shape index (κ2) is 10.1. The van der Waals surface area contributed by atoms with Crippen LogP contribution in [0.2, 0.25) is 0 Å². The van der Waals surface area contributed by atoms with E-state index in [1.54, 1.807) is 6.07 Å². The van der Waals surface area contributed by atoms with Gasteiger partial charge in [-0.1, -0.05) is 36.4 Å². The smallest absolute Gasteiger partial charge is 0.254 e. The van der Waals surface area contributed by atoms with Crippen LogP contribution in [0.1, 0.15) is 15.9 Å². The third-order valence-electron chi connectivity index (χ3n) is 4.80. The van der Waals surface area contributed by atoms with E-state index in [2.05, 4.69) is 60.2 Å². The number of primary amides is 1. The van der Waals surface area contributed by atoms with Crippen LogP contribution in [-0.4, -0.2) is 54.9 Å². The van der Waals surface area contributed by atoms with Crippen LogP contribution in [0.3, 0.4) is 0 Å². The maximum absolute atomic E-state index is 13.4. The molecule has 0 bridgehead atoms. The van der Waals surface area contributed by atoms with Gasteiger partial charge in [-0.25, -0.2) is 9.37 Å². The van der Waals surface area contributed by atoms with Crippen molar-refractivity contribution in [2.75, 3.05) is 34.2 Å². The van der Waals surface area contributed by atoms with Crippen LogP contribution < -0.4 is 10.5 Å². The fourth-order valence-corrected chi connectivity index (χ4v) is 3.10. The summed E-state index contributed by atoms with van der Waals surface area (Å²) in [5.41, 5.74) is 8.43. The molecule has 2 aromatic carbocycles. The van der Waals surface area contributed by atoms with E-state index in [-0.39, 0.29) is 11.4 Å². The highest BCUT2D eigenvalue weighted by atomic mass is 19.1. The first-order valence-electron chi connectivity index (χ1n) is 9.97. The van der Waals surface area contributed by atoms with E-state index in [1.165, 1.54) is 5.56 Å². The largest absolute Gasteiger partial charge is 0.438 e. The Hall–Kier alpha value is -3.29. The summed E-state index contributed by atoms with van der Waals surface area (Å²) in [6, 6.07) is 16.8. The number of carbonyl (C=O) groups excluding carboxylic acids is 1. The number of likely N-dealkylation sites (N-methyl/N-ethyl adjacent to an activating group) is 2. The van der Waals surface area contributed by atoms with Gasteiger partial charge in [0.05, 0.1) is 6.20 Å². The summed E-state index contributed by atoms with van der Waals surface area (Å²) in [6.45, 7) is 2.89. The molecule has 0 aliphatic carbocycles. The van der Waals surface area contributed by atoms with Crippen molar-refractivity contribution in [1.29, 1.82) is 0 Å². The third kappa shape index (κ3) is 6.34. The Morgan fingerprint density at radius 3 is 2.45 bits per heavy atom. The fraction of sp³-hybridized carbons (Fsp3) is 0.250. The Bertz CT molecular complexity index is 1040. The molecule has 6 nitrogen and oxygen atoms in total. The van der Waals surface area contributed by atoms with Crippen molar-refractivity contribution in [2.24, 2.45) is 5.73 Å². The summed E-state index contributed by atoms with van der Waals surface area (Å²) in [5, 5.41) is 0. The van der Waals surface area contributed by atoms with Crippen molar-refractivity contribution in [3.63, 3.8) is 0 Å². The monoisotopic (exact) mass is 422 g/mol. The fourth-order valence-electron chi connectivity index (χ4n) is 3.10. The van der Waals surface area contributed by atoms with Crippen LogP contribution in [0.25, 0.3) is 11.1 Å². The zero-order valence-corrected chi connectivity index (χ0v) is 18.0. The third-order valence-corrected chi connectivity index (χ3v) is 4.80. The summed E-state index contributed by atoms with van der Waals surface area (Å²) in [6.07, 6.45) is 0.986. The highest BCUT2D eigenvalue weighted by Crippen LogP contribution is 2.28. The van der Waals surface area contributed by atoms with Crippen molar-refractivity contribution >= 4 is 5.91 Å². The van der Waals surface area contributed by atoms with E-state index < -0.39 is 11.7 Å². The van der Waals surface area contributed by atoms with Gasteiger partial charge in [-0.15, -0.1) is 0 Å². The van der Waals surface area contributed by atoms with Crippen LogP contribution in [0.15, 0.2) is 60.8 Å². The van der Waals surface area contributed by atoms with Gasteiger partial charge in [0.15, 0.2) is 0 Å². The molecule has 3 aromatic rings. The van der Waals surface area contributed by atoms with Crippen molar-refractivity contribution in [3.05, 3.63) is 77.7 Å². The number of carbonyl (C=O) groups is 1. The van der Waals surface area contributed by atoms with Gasteiger partial charge in [-0.2, -0.15) is 0 Å². The molecule has 162 valence electrons. The van der Waals surface area contributed by atoms with Crippen LogP contribution in [0.5, 0.6) is 11.6 Å². The zero-order valence-electron chi connectivity index (χ0n) is 18.0. The quantitative estimate of drug-likeness (QED) is 0.568. The number of aromatic nitrogens is 1. The molecule has 1 amide bonds. The lowest BCUT2D eigenvalue weighted by Crippen LogP contribution is -2.28. The maximum atomic E-state index is 13.4. The molecular formula is C24H27FN4O2. The van der Waals surface area contributed by atoms with Crippen LogP contribution in [-0.2, 0) is 6.54 Å². The van der Waals surface area contributed by atoms with Crippen LogP contribution >= 0.6 is 0 Å². The number of benzene rings is 2. The first kappa shape index (κ1) is 22.4. The van der Waals surface area contributed by atoms with Gasteiger partial charge in [0, 0.05) is 19.6 Å². The molecule has 31 heavy (non-hydrogen) atoms. The molecule has 1 heterocycles. The molecule has 0 aliphatic heterocycles. The summed E-state index contributed by atoms with van der Waals surface area (Å²) >= 11 is 0. The molecule has 1 aromatic heterocycles. The van der Waals surface area contributed by atoms with Crippen LogP contribution in [0.4, 0.5) is 4.39 Å². The van der Waals surface area contributed by atoms with Gasteiger partial charge >= 0.3 is 0 Å². The van der Waals surface area contributed by atoms with Gasteiger partial charge in [0.1, 0.15) is 17.1 Å². The lowest BCUT2D eigenvalue weighted by atomic mass is 10.0. The molecule has 2 N–H and O–H groups in total. The van der Waals surface area contributed by atoms with Gasteiger partial charge in [0.2, 0.25) is 5.88 Å². The SMILES string of the molecule is CN(C)CCN(C)Cc1ccc(-c2cccc(Oc3ncc(F)cc3C(N)=O)c2)cc1. The minimum atomic E-state index is -0.802. The Morgan fingerprint density at radius 2 is 1.77 bits per heavy atom. The van der Waals surface area contributed by atoms with Crippen molar-refractivity contribution < 1.29 is 13.9 Å². The molecule has 7 heteroatoms. The number of ether oxygens (including phenoxy) is 1. The minimum Gasteiger partial charge on any atom is -0.438 e. The van der Waals surface area contributed by atoms with E-state index in [1.807, 2.05) is 18.2 Å².